The van der Waals surface area contributed by atoms with Gasteiger partial charge in [-0.3, -0.25) is 19.4 Å². The fourth-order valence-corrected chi connectivity index (χ4v) is 5.56. The van der Waals surface area contributed by atoms with Crippen molar-refractivity contribution in [2.75, 3.05) is 31.5 Å². The summed E-state index contributed by atoms with van der Waals surface area (Å²) in [6.45, 7) is 5.32. The molecule has 38 heavy (non-hydrogen) atoms. The fourth-order valence-electron chi connectivity index (χ4n) is 4.49. The van der Waals surface area contributed by atoms with Gasteiger partial charge in [0.25, 0.3) is 15.9 Å². The number of nitrogens with one attached hydrogen (secondary N) is 1. The molecule has 1 aliphatic rings. The van der Waals surface area contributed by atoms with Crippen molar-refractivity contribution in [3.05, 3.63) is 84.2 Å². The number of amides is 1. The van der Waals surface area contributed by atoms with Gasteiger partial charge in [0.1, 0.15) is 11.9 Å². The van der Waals surface area contributed by atoms with E-state index in [0.29, 0.717) is 25.4 Å². The number of anilines is 1. The first kappa shape index (κ1) is 27.6. The van der Waals surface area contributed by atoms with Gasteiger partial charge in [-0.1, -0.05) is 25.1 Å². The number of likely N-dealkylation sites (N-methyl/N-ethyl adjacent to an activating group) is 1. The second kappa shape index (κ2) is 11.9. The molecule has 0 fully saturated rings. The Hall–Kier alpha value is -3.47. The summed E-state index contributed by atoms with van der Waals surface area (Å²) in [5.41, 5.74) is 1.62. The highest BCUT2D eigenvalue weighted by atomic mass is 32.2. The van der Waals surface area contributed by atoms with Crippen LogP contribution in [-0.2, 0) is 16.6 Å². The molecular formula is C28H34N4O5S. The predicted octanol–water partition coefficient (Wildman–Crippen LogP) is 3.23. The van der Waals surface area contributed by atoms with E-state index in [1.165, 1.54) is 18.2 Å². The van der Waals surface area contributed by atoms with Crippen LogP contribution in [0.1, 0.15) is 29.8 Å². The Kier molecular flexibility index (Phi) is 8.65. The van der Waals surface area contributed by atoms with Crippen LogP contribution in [-0.4, -0.2) is 73.1 Å². The van der Waals surface area contributed by atoms with E-state index < -0.39 is 16.1 Å². The van der Waals surface area contributed by atoms with Gasteiger partial charge in [0.2, 0.25) is 0 Å². The molecule has 2 N–H and O–H groups in total. The lowest BCUT2D eigenvalue weighted by atomic mass is 9.99. The monoisotopic (exact) mass is 538 g/mol. The molecule has 0 saturated heterocycles. The zero-order valence-corrected chi connectivity index (χ0v) is 22.6. The topological polar surface area (TPSA) is 112 Å². The molecule has 9 nitrogen and oxygen atoms in total. The summed E-state index contributed by atoms with van der Waals surface area (Å²) in [4.78, 5) is 21.6. The summed E-state index contributed by atoms with van der Waals surface area (Å²) in [6, 6.07) is 16.3. The third-order valence-corrected chi connectivity index (χ3v) is 8.06. The van der Waals surface area contributed by atoms with Crippen molar-refractivity contribution in [1.82, 2.24) is 14.8 Å². The second-order valence-corrected chi connectivity index (χ2v) is 11.5. The summed E-state index contributed by atoms with van der Waals surface area (Å²) in [7, 11) is -1.83. The number of fused-ring (bicyclic) bond motifs is 1. The largest absolute Gasteiger partial charge is 0.488 e. The molecule has 1 amide bonds. The summed E-state index contributed by atoms with van der Waals surface area (Å²) >= 11 is 0. The van der Waals surface area contributed by atoms with Crippen molar-refractivity contribution in [1.29, 1.82) is 0 Å². The zero-order valence-electron chi connectivity index (χ0n) is 21.8. The lowest BCUT2D eigenvalue weighted by molar-refractivity contribution is 0.0341. The SMILES string of the molecule is C[C@H]1CN([C@@H](C)CO)C(=O)c2cc(NS(=O)(=O)c3ccccc3)ccc2O[C@@H]1CN(C)Cc1ccncc1. The number of ether oxygens (including phenoxy) is 1. The molecule has 2 aromatic carbocycles. The van der Waals surface area contributed by atoms with Crippen LogP contribution >= 0.6 is 0 Å². The number of hydrogen-bond donors (Lipinski definition) is 2. The van der Waals surface area contributed by atoms with Crippen molar-refractivity contribution in [3.8, 4) is 5.75 Å². The average molecular weight is 539 g/mol. The second-order valence-electron chi connectivity index (χ2n) is 9.80. The number of hydrogen-bond acceptors (Lipinski definition) is 7. The number of aliphatic hydroxyl groups excluding tert-OH is 1. The molecule has 0 unspecified atom stereocenters. The molecule has 2 heterocycles. The van der Waals surface area contributed by atoms with Crippen LogP contribution in [0.3, 0.4) is 0 Å². The number of benzene rings is 2. The number of nitrogens with zero attached hydrogens (tertiary/aromatic N) is 3. The average Bonchev–Trinajstić information content (AvgIpc) is 2.91. The van der Waals surface area contributed by atoms with Gasteiger partial charge in [-0.25, -0.2) is 8.42 Å². The molecule has 202 valence electrons. The molecule has 0 radical (unpaired) electrons. The van der Waals surface area contributed by atoms with E-state index in [-0.39, 0.29) is 40.7 Å². The van der Waals surface area contributed by atoms with Crippen molar-refractivity contribution in [2.24, 2.45) is 5.92 Å². The lowest BCUT2D eigenvalue weighted by Gasteiger charge is -2.38. The number of aromatic nitrogens is 1. The molecule has 0 aliphatic carbocycles. The highest BCUT2D eigenvalue weighted by Crippen LogP contribution is 2.31. The summed E-state index contributed by atoms with van der Waals surface area (Å²) in [5.74, 6) is 0.0247. The van der Waals surface area contributed by atoms with Crippen LogP contribution in [0.25, 0.3) is 0 Å². The smallest absolute Gasteiger partial charge is 0.261 e. The van der Waals surface area contributed by atoms with Crippen molar-refractivity contribution in [3.63, 3.8) is 0 Å². The van der Waals surface area contributed by atoms with E-state index in [9.17, 15) is 18.3 Å². The maximum Gasteiger partial charge on any atom is 0.261 e. The van der Waals surface area contributed by atoms with Gasteiger partial charge in [0.05, 0.1) is 23.1 Å². The molecule has 4 rings (SSSR count). The summed E-state index contributed by atoms with van der Waals surface area (Å²) < 4.78 is 34.7. The first-order valence-corrected chi connectivity index (χ1v) is 14.0. The van der Waals surface area contributed by atoms with Crippen molar-refractivity contribution < 1.29 is 23.1 Å². The highest BCUT2D eigenvalue weighted by molar-refractivity contribution is 7.92. The van der Waals surface area contributed by atoms with Crippen molar-refractivity contribution >= 4 is 21.6 Å². The van der Waals surface area contributed by atoms with E-state index in [0.717, 1.165) is 5.56 Å². The number of pyridine rings is 1. The minimum absolute atomic E-state index is 0.0303. The van der Waals surface area contributed by atoms with Crippen LogP contribution in [0.4, 0.5) is 5.69 Å². The quantitative estimate of drug-likeness (QED) is 0.430. The van der Waals surface area contributed by atoms with Crippen LogP contribution < -0.4 is 9.46 Å². The van der Waals surface area contributed by atoms with Gasteiger partial charge in [0, 0.05) is 43.6 Å². The van der Waals surface area contributed by atoms with E-state index in [1.807, 2.05) is 26.1 Å². The number of carbonyl (C=O) groups is 1. The Balaban J connectivity index is 1.63. The first-order chi connectivity index (χ1) is 18.2. The Morgan fingerprint density at radius 1 is 1.16 bits per heavy atom. The normalized spacial score (nSPS) is 18.8. The third kappa shape index (κ3) is 6.50. The Morgan fingerprint density at radius 3 is 2.55 bits per heavy atom. The van der Waals surface area contributed by atoms with Gasteiger partial charge in [-0.2, -0.15) is 0 Å². The maximum absolute atomic E-state index is 13.6. The molecule has 3 atom stereocenters. The van der Waals surface area contributed by atoms with E-state index >= 15 is 0 Å². The number of rotatable bonds is 9. The van der Waals surface area contributed by atoms with E-state index in [2.05, 4.69) is 14.6 Å². The first-order valence-electron chi connectivity index (χ1n) is 12.6. The van der Waals surface area contributed by atoms with Gasteiger partial charge >= 0.3 is 0 Å². The highest BCUT2D eigenvalue weighted by Gasteiger charge is 2.33. The number of sulfonamides is 1. The van der Waals surface area contributed by atoms with E-state index in [1.54, 1.807) is 54.5 Å². The molecule has 10 heteroatoms. The Labute approximate surface area is 224 Å². The molecule has 0 spiro atoms. The molecular weight excluding hydrogens is 504 g/mol. The Morgan fingerprint density at radius 2 is 1.87 bits per heavy atom. The van der Waals surface area contributed by atoms with Crippen LogP contribution in [0, 0.1) is 5.92 Å². The number of aliphatic hydroxyl groups is 1. The molecule has 0 bridgehead atoms. The molecule has 1 aromatic heterocycles. The predicted molar refractivity (Wildman–Crippen MR) is 145 cm³/mol. The van der Waals surface area contributed by atoms with Gasteiger partial charge in [-0.15, -0.1) is 0 Å². The minimum atomic E-state index is -3.84. The van der Waals surface area contributed by atoms with Crippen molar-refractivity contribution in [2.45, 2.75) is 37.4 Å². The van der Waals surface area contributed by atoms with Gasteiger partial charge < -0.3 is 14.7 Å². The minimum Gasteiger partial charge on any atom is -0.488 e. The van der Waals surface area contributed by atoms with Crippen LogP contribution in [0.5, 0.6) is 5.75 Å². The summed E-state index contributed by atoms with van der Waals surface area (Å²) in [6.07, 6.45) is 3.27. The van der Waals surface area contributed by atoms with Crippen LogP contribution in [0.2, 0.25) is 0 Å². The molecule has 1 aliphatic heterocycles. The number of carbonyl (C=O) groups excluding carboxylic acids is 1. The van der Waals surface area contributed by atoms with Crippen LogP contribution in [0.15, 0.2) is 78.0 Å². The molecule has 3 aromatic rings. The van der Waals surface area contributed by atoms with E-state index in [4.69, 9.17) is 4.74 Å². The third-order valence-electron chi connectivity index (χ3n) is 6.66. The fraction of sp³-hybridized carbons (Fsp3) is 0.357. The molecule has 0 saturated carbocycles. The Bertz CT molecular complexity index is 1340. The van der Waals surface area contributed by atoms with Gasteiger partial charge in [-0.05, 0) is 62.0 Å². The van der Waals surface area contributed by atoms with Gasteiger partial charge in [0.15, 0.2) is 0 Å². The standard InChI is InChI=1S/C28H34N4O5S/c1-20-16-32(21(2)19-33)28(34)25-15-23(30-38(35,36)24-7-5-4-6-8-24)9-10-26(25)37-27(20)18-31(3)17-22-11-13-29-14-12-22/h4-15,20-21,27,30,33H,16-19H2,1-3H3/t20-,21-,27+/m0/s1. The maximum atomic E-state index is 13.6. The lowest BCUT2D eigenvalue weighted by Crippen LogP contribution is -2.49. The summed E-state index contributed by atoms with van der Waals surface area (Å²) in [5, 5.41) is 9.88. The zero-order chi connectivity index (χ0) is 27.3.